The topological polar surface area (TPSA) is 49.4 Å². The SMILES string of the molecule is CCC(CSC)N1C(=O)C(C2CC2)NC(=O)C1C. The fraction of sp³-hybridized carbons (Fsp3) is 0.846. The Morgan fingerprint density at radius 3 is 2.61 bits per heavy atom. The van der Waals surface area contributed by atoms with Gasteiger partial charge in [0, 0.05) is 11.8 Å². The van der Waals surface area contributed by atoms with Crippen molar-refractivity contribution in [1.29, 1.82) is 0 Å². The summed E-state index contributed by atoms with van der Waals surface area (Å²) in [6.07, 6.45) is 5.08. The van der Waals surface area contributed by atoms with Crippen molar-refractivity contribution < 1.29 is 9.59 Å². The van der Waals surface area contributed by atoms with Crippen molar-refractivity contribution in [3.63, 3.8) is 0 Å². The van der Waals surface area contributed by atoms with Gasteiger partial charge in [0.2, 0.25) is 11.8 Å². The molecule has 5 heteroatoms. The third kappa shape index (κ3) is 2.51. The average molecular weight is 270 g/mol. The van der Waals surface area contributed by atoms with E-state index in [1.54, 1.807) is 11.8 Å². The summed E-state index contributed by atoms with van der Waals surface area (Å²) in [5.74, 6) is 1.41. The molecule has 1 saturated carbocycles. The number of carbonyl (C=O) groups is 2. The first kappa shape index (κ1) is 13.7. The van der Waals surface area contributed by atoms with Crippen LogP contribution < -0.4 is 5.32 Å². The molecule has 18 heavy (non-hydrogen) atoms. The van der Waals surface area contributed by atoms with Gasteiger partial charge < -0.3 is 10.2 Å². The van der Waals surface area contributed by atoms with Crippen molar-refractivity contribution in [2.24, 2.45) is 5.92 Å². The van der Waals surface area contributed by atoms with Crippen LogP contribution in [-0.4, -0.2) is 46.8 Å². The molecule has 1 aliphatic carbocycles. The molecule has 2 fully saturated rings. The van der Waals surface area contributed by atoms with E-state index in [-0.39, 0.29) is 29.9 Å². The van der Waals surface area contributed by atoms with Crippen molar-refractivity contribution in [3.8, 4) is 0 Å². The molecule has 0 aromatic heterocycles. The zero-order chi connectivity index (χ0) is 13.3. The molecule has 2 aliphatic rings. The van der Waals surface area contributed by atoms with Crippen LogP contribution in [0.4, 0.5) is 0 Å². The normalized spacial score (nSPS) is 30.3. The first-order chi connectivity index (χ1) is 8.60. The number of nitrogens with zero attached hydrogens (tertiary/aromatic N) is 1. The van der Waals surface area contributed by atoms with Crippen molar-refractivity contribution in [2.45, 2.75) is 51.2 Å². The Balaban J connectivity index is 2.17. The number of thioether (sulfide) groups is 1. The summed E-state index contributed by atoms with van der Waals surface area (Å²) in [7, 11) is 0. The Bertz CT molecular complexity index is 344. The molecule has 0 aromatic carbocycles. The van der Waals surface area contributed by atoms with Gasteiger partial charge in [-0.05, 0) is 38.4 Å². The molecule has 1 heterocycles. The number of rotatable bonds is 5. The lowest BCUT2D eigenvalue weighted by molar-refractivity contribution is -0.151. The molecule has 2 amide bonds. The summed E-state index contributed by atoms with van der Waals surface area (Å²) in [5.41, 5.74) is 0. The molecule has 3 atom stereocenters. The minimum atomic E-state index is -0.329. The summed E-state index contributed by atoms with van der Waals surface area (Å²) in [6, 6.07) is -0.413. The third-order valence-corrected chi connectivity index (χ3v) is 4.65. The smallest absolute Gasteiger partial charge is 0.246 e. The largest absolute Gasteiger partial charge is 0.342 e. The van der Waals surface area contributed by atoms with E-state index in [0.717, 1.165) is 25.0 Å². The minimum absolute atomic E-state index is 0.00560. The highest BCUT2D eigenvalue weighted by molar-refractivity contribution is 7.98. The Hall–Kier alpha value is -0.710. The van der Waals surface area contributed by atoms with Gasteiger partial charge in [-0.25, -0.2) is 0 Å². The number of hydrogen-bond donors (Lipinski definition) is 1. The maximum Gasteiger partial charge on any atom is 0.246 e. The highest BCUT2D eigenvalue weighted by Crippen LogP contribution is 2.35. The van der Waals surface area contributed by atoms with E-state index in [2.05, 4.69) is 12.2 Å². The second-order valence-corrected chi connectivity index (χ2v) is 6.17. The Morgan fingerprint density at radius 2 is 2.11 bits per heavy atom. The van der Waals surface area contributed by atoms with E-state index in [9.17, 15) is 9.59 Å². The molecule has 1 N–H and O–H groups in total. The van der Waals surface area contributed by atoms with Crippen LogP contribution >= 0.6 is 11.8 Å². The van der Waals surface area contributed by atoms with Gasteiger partial charge in [0.05, 0.1) is 0 Å². The Labute approximate surface area is 113 Å². The Kier molecular flexibility index (Phi) is 4.20. The first-order valence-corrected chi connectivity index (χ1v) is 8.11. The highest BCUT2D eigenvalue weighted by atomic mass is 32.2. The molecular formula is C13H22N2O2S. The van der Waals surface area contributed by atoms with Gasteiger partial charge >= 0.3 is 0 Å². The van der Waals surface area contributed by atoms with Crippen LogP contribution in [0.5, 0.6) is 0 Å². The van der Waals surface area contributed by atoms with Crippen LogP contribution in [0, 0.1) is 5.92 Å². The van der Waals surface area contributed by atoms with Crippen molar-refractivity contribution in [3.05, 3.63) is 0 Å². The number of carbonyl (C=O) groups excluding carboxylic acids is 2. The van der Waals surface area contributed by atoms with Crippen LogP contribution in [0.3, 0.4) is 0 Å². The molecule has 3 unspecified atom stereocenters. The fourth-order valence-electron chi connectivity index (χ4n) is 2.65. The van der Waals surface area contributed by atoms with Crippen LogP contribution in [0.15, 0.2) is 0 Å². The van der Waals surface area contributed by atoms with Gasteiger partial charge in [-0.15, -0.1) is 0 Å². The molecule has 0 spiro atoms. The second kappa shape index (κ2) is 5.51. The molecular weight excluding hydrogens is 248 g/mol. The number of piperazine rings is 1. The third-order valence-electron chi connectivity index (χ3n) is 3.93. The monoisotopic (exact) mass is 270 g/mol. The van der Waals surface area contributed by atoms with E-state index in [4.69, 9.17) is 0 Å². The molecule has 1 saturated heterocycles. The summed E-state index contributed by atoms with van der Waals surface area (Å²) in [5, 5.41) is 2.89. The van der Waals surface area contributed by atoms with E-state index < -0.39 is 0 Å². The quantitative estimate of drug-likeness (QED) is 0.818. The number of nitrogens with one attached hydrogen (secondary N) is 1. The first-order valence-electron chi connectivity index (χ1n) is 6.71. The van der Waals surface area contributed by atoms with Gasteiger partial charge in [-0.2, -0.15) is 11.8 Å². The van der Waals surface area contributed by atoms with E-state index >= 15 is 0 Å². The van der Waals surface area contributed by atoms with E-state index in [1.165, 1.54) is 0 Å². The predicted molar refractivity (Wildman–Crippen MR) is 73.4 cm³/mol. The summed E-state index contributed by atoms with van der Waals surface area (Å²) >= 11 is 1.73. The molecule has 0 bridgehead atoms. The fourth-order valence-corrected chi connectivity index (χ4v) is 3.43. The number of hydrogen-bond acceptors (Lipinski definition) is 3. The van der Waals surface area contributed by atoms with Crippen LogP contribution in [0.1, 0.15) is 33.1 Å². The molecule has 0 radical (unpaired) electrons. The van der Waals surface area contributed by atoms with Gasteiger partial charge in [-0.3, -0.25) is 9.59 Å². The number of amides is 2. The summed E-state index contributed by atoms with van der Waals surface area (Å²) in [6.45, 7) is 3.92. The van der Waals surface area contributed by atoms with Crippen molar-refractivity contribution >= 4 is 23.6 Å². The standard InChI is InChI=1S/C13H22N2O2S/c1-4-10(7-18-3)15-8(2)12(16)14-11(13(15)17)9-5-6-9/h8-11H,4-7H2,1-3H3,(H,14,16). The van der Waals surface area contributed by atoms with Crippen molar-refractivity contribution in [2.75, 3.05) is 12.0 Å². The molecule has 102 valence electrons. The molecule has 4 nitrogen and oxygen atoms in total. The van der Waals surface area contributed by atoms with Crippen LogP contribution in [-0.2, 0) is 9.59 Å². The van der Waals surface area contributed by atoms with E-state index in [0.29, 0.717) is 5.92 Å². The van der Waals surface area contributed by atoms with Gasteiger partial charge in [0.1, 0.15) is 12.1 Å². The zero-order valence-corrected chi connectivity index (χ0v) is 12.1. The average Bonchev–Trinajstić information content (AvgIpc) is 3.17. The lowest BCUT2D eigenvalue weighted by Gasteiger charge is -2.42. The molecule has 1 aliphatic heterocycles. The zero-order valence-electron chi connectivity index (χ0n) is 11.3. The van der Waals surface area contributed by atoms with Gasteiger partial charge in [-0.1, -0.05) is 6.92 Å². The maximum atomic E-state index is 12.5. The van der Waals surface area contributed by atoms with Gasteiger partial charge in [0.25, 0.3) is 0 Å². The highest BCUT2D eigenvalue weighted by Gasteiger charge is 2.46. The molecule has 2 rings (SSSR count). The lowest BCUT2D eigenvalue weighted by Crippen LogP contribution is -2.65. The van der Waals surface area contributed by atoms with Crippen LogP contribution in [0.2, 0.25) is 0 Å². The van der Waals surface area contributed by atoms with Crippen LogP contribution in [0.25, 0.3) is 0 Å². The van der Waals surface area contributed by atoms with Crippen molar-refractivity contribution in [1.82, 2.24) is 10.2 Å². The summed E-state index contributed by atoms with van der Waals surface area (Å²) < 4.78 is 0. The second-order valence-electron chi connectivity index (χ2n) is 5.26. The lowest BCUT2D eigenvalue weighted by atomic mass is 10.0. The summed E-state index contributed by atoms with van der Waals surface area (Å²) in [4.78, 5) is 26.4. The minimum Gasteiger partial charge on any atom is -0.342 e. The predicted octanol–water partition coefficient (Wildman–Crippen LogP) is 1.25. The van der Waals surface area contributed by atoms with E-state index in [1.807, 2.05) is 18.1 Å². The molecule has 0 aromatic rings. The Morgan fingerprint density at radius 1 is 1.44 bits per heavy atom. The van der Waals surface area contributed by atoms with Gasteiger partial charge in [0.15, 0.2) is 0 Å². The maximum absolute atomic E-state index is 12.5.